The Morgan fingerprint density at radius 2 is 2.00 bits per heavy atom. The Hall–Kier alpha value is -2.57. The van der Waals surface area contributed by atoms with E-state index in [0.717, 1.165) is 11.3 Å². The Kier molecular flexibility index (Phi) is 4.18. The van der Waals surface area contributed by atoms with E-state index in [0.29, 0.717) is 37.5 Å². The fourth-order valence-corrected chi connectivity index (χ4v) is 2.53. The van der Waals surface area contributed by atoms with E-state index in [1.165, 1.54) is 5.01 Å². The molecule has 0 aliphatic carbocycles. The number of amides is 2. The van der Waals surface area contributed by atoms with Gasteiger partial charge in [-0.05, 0) is 24.6 Å². The van der Waals surface area contributed by atoms with Gasteiger partial charge in [-0.15, -0.1) is 0 Å². The van der Waals surface area contributed by atoms with Gasteiger partial charge < -0.3 is 14.8 Å². The fraction of sp³-hybridized carbons (Fsp3) is 0.438. The molecule has 3 rings (SSSR count). The molecule has 1 atom stereocenters. The van der Waals surface area contributed by atoms with E-state index < -0.39 is 0 Å². The maximum atomic E-state index is 12.3. The summed E-state index contributed by atoms with van der Waals surface area (Å²) < 4.78 is 11.0. The van der Waals surface area contributed by atoms with Crippen molar-refractivity contribution in [1.29, 1.82) is 0 Å². The lowest BCUT2D eigenvalue weighted by Crippen LogP contribution is -2.38. The lowest BCUT2D eigenvalue weighted by molar-refractivity contribution is -0.130. The average Bonchev–Trinajstić information content (AvgIpc) is 2.56. The predicted molar refractivity (Wildman–Crippen MR) is 83.4 cm³/mol. The van der Waals surface area contributed by atoms with Crippen molar-refractivity contribution in [3.05, 3.63) is 23.8 Å². The van der Waals surface area contributed by atoms with E-state index in [1.807, 2.05) is 25.1 Å². The molecule has 0 fully saturated rings. The van der Waals surface area contributed by atoms with Crippen LogP contribution in [0, 0.1) is 0 Å². The van der Waals surface area contributed by atoms with E-state index in [9.17, 15) is 9.59 Å². The summed E-state index contributed by atoms with van der Waals surface area (Å²) in [7, 11) is 1.55. The standard InChI is InChI=1S/C16H19N3O4/c1-10(11-3-5-13-14(9-11)23-8-7-22-13)17-16(21)12-4-6-15(20)19(2)18-12/h3,5,9-10H,4,6-8H2,1-2H3,(H,17,21)/t10-/m0/s1. The quantitative estimate of drug-likeness (QED) is 0.909. The first-order valence-electron chi connectivity index (χ1n) is 7.59. The molecule has 1 aromatic rings. The van der Waals surface area contributed by atoms with Gasteiger partial charge in [0.2, 0.25) is 5.91 Å². The Balaban J connectivity index is 1.69. The Morgan fingerprint density at radius 1 is 1.26 bits per heavy atom. The maximum absolute atomic E-state index is 12.3. The summed E-state index contributed by atoms with van der Waals surface area (Å²) in [5.41, 5.74) is 1.29. The van der Waals surface area contributed by atoms with Crippen LogP contribution in [-0.2, 0) is 9.59 Å². The number of fused-ring (bicyclic) bond motifs is 1. The zero-order chi connectivity index (χ0) is 16.4. The van der Waals surface area contributed by atoms with Crippen LogP contribution in [0.1, 0.15) is 31.4 Å². The largest absolute Gasteiger partial charge is 0.486 e. The van der Waals surface area contributed by atoms with Gasteiger partial charge in [-0.2, -0.15) is 5.10 Å². The Morgan fingerprint density at radius 3 is 2.74 bits per heavy atom. The van der Waals surface area contributed by atoms with Crippen molar-refractivity contribution in [3.8, 4) is 11.5 Å². The summed E-state index contributed by atoms with van der Waals surface area (Å²) in [5, 5.41) is 8.14. The number of hydrazone groups is 1. The van der Waals surface area contributed by atoms with Crippen LogP contribution in [0.2, 0.25) is 0 Å². The van der Waals surface area contributed by atoms with Gasteiger partial charge in [-0.3, -0.25) is 9.59 Å². The van der Waals surface area contributed by atoms with Crippen molar-refractivity contribution in [2.24, 2.45) is 5.10 Å². The smallest absolute Gasteiger partial charge is 0.267 e. The molecule has 2 aliphatic rings. The monoisotopic (exact) mass is 317 g/mol. The zero-order valence-electron chi connectivity index (χ0n) is 13.2. The van der Waals surface area contributed by atoms with Crippen LogP contribution in [0.15, 0.2) is 23.3 Å². The van der Waals surface area contributed by atoms with Crippen LogP contribution in [-0.4, -0.2) is 42.8 Å². The first-order chi connectivity index (χ1) is 11.0. The van der Waals surface area contributed by atoms with Crippen LogP contribution < -0.4 is 14.8 Å². The molecule has 1 N–H and O–H groups in total. The highest BCUT2D eigenvalue weighted by Gasteiger charge is 2.23. The van der Waals surface area contributed by atoms with Gasteiger partial charge in [-0.25, -0.2) is 5.01 Å². The highest BCUT2D eigenvalue weighted by atomic mass is 16.6. The summed E-state index contributed by atoms with van der Waals surface area (Å²) in [6, 6.07) is 5.41. The molecular weight excluding hydrogens is 298 g/mol. The van der Waals surface area contributed by atoms with E-state index in [-0.39, 0.29) is 17.9 Å². The van der Waals surface area contributed by atoms with Crippen LogP contribution in [0.5, 0.6) is 11.5 Å². The number of carbonyl (C=O) groups is 2. The van der Waals surface area contributed by atoms with Crippen LogP contribution >= 0.6 is 0 Å². The molecular formula is C16H19N3O4. The van der Waals surface area contributed by atoms with Crippen LogP contribution in [0.25, 0.3) is 0 Å². The van der Waals surface area contributed by atoms with Crippen LogP contribution in [0.4, 0.5) is 0 Å². The summed E-state index contributed by atoms with van der Waals surface area (Å²) in [4.78, 5) is 23.7. The molecule has 1 aromatic carbocycles. The van der Waals surface area contributed by atoms with Crippen molar-refractivity contribution in [2.45, 2.75) is 25.8 Å². The van der Waals surface area contributed by atoms with E-state index >= 15 is 0 Å². The van der Waals surface area contributed by atoms with E-state index in [4.69, 9.17) is 9.47 Å². The lowest BCUT2D eigenvalue weighted by atomic mass is 10.1. The first kappa shape index (κ1) is 15.3. The topological polar surface area (TPSA) is 80.2 Å². The molecule has 23 heavy (non-hydrogen) atoms. The van der Waals surface area contributed by atoms with Gasteiger partial charge in [0.1, 0.15) is 18.9 Å². The molecule has 122 valence electrons. The maximum Gasteiger partial charge on any atom is 0.267 e. The highest BCUT2D eigenvalue weighted by Crippen LogP contribution is 2.32. The van der Waals surface area contributed by atoms with Crippen molar-refractivity contribution in [3.63, 3.8) is 0 Å². The SMILES string of the molecule is C[C@H](NC(=O)C1=NN(C)C(=O)CC1)c1ccc2c(c1)OCCO2. The molecule has 0 saturated heterocycles. The van der Waals surface area contributed by atoms with Gasteiger partial charge in [0.05, 0.1) is 6.04 Å². The Labute approximate surface area is 134 Å². The average molecular weight is 317 g/mol. The zero-order valence-corrected chi connectivity index (χ0v) is 13.2. The summed E-state index contributed by atoms with van der Waals surface area (Å²) >= 11 is 0. The fourth-order valence-electron chi connectivity index (χ4n) is 2.53. The van der Waals surface area contributed by atoms with Gasteiger partial charge in [0, 0.05) is 19.9 Å². The van der Waals surface area contributed by atoms with Crippen LogP contribution in [0.3, 0.4) is 0 Å². The lowest BCUT2D eigenvalue weighted by Gasteiger charge is -2.22. The van der Waals surface area contributed by atoms with Crippen molar-refractivity contribution < 1.29 is 19.1 Å². The molecule has 0 aromatic heterocycles. The van der Waals surface area contributed by atoms with Crippen molar-refractivity contribution in [1.82, 2.24) is 10.3 Å². The molecule has 2 heterocycles. The minimum absolute atomic E-state index is 0.0820. The molecule has 0 bridgehead atoms. The van der Waals surface area contributed by atoms with Gasteiger partial charge in [0.15, 0.2) is 11.5 Å². The molecule has 0 saturated carbocycles. The molecule has 2 aliphatic heterocycles. The number of nitrogens with zero attached hydrogens (tertiary/aromatic N) is 2. The third-order valence-electron chi connectivity index (χ3n) is 3.88. The van der Waals surface area contributed by atoms with Crippen molar-refractivity contribution >= 4 is 17.5 Å². The van der Waals surface area contributed by atoms with Gasteiger partial charge in [-0.1, -0.05) is 6.07 Å². The molecule has 7 heteroatoms. The second kappa shape index (κ2) is 6.28. The normalized spacial score (nSPS) is 18.3. The molecule has 0 spiro atoms. The highest BCUT2D eigenvalue weighted by molar-refractivity contribution is 6.39. The third-order valence-corrected chi connectivity index (χ3v) is 3.88. The Bertz CT molecular complexity index is 671. The number of benzene rings is 1. The number of rotatable bonds is 3. The molecule has 7 nitrogen and oxygen atoms in total. The van der Waals surface area contributed by atoms with E-state index in [2.05, 4.69) is 10.4 Å². The second-order valence-electron chi connectivity index (χ2n) is 5.56. The van der Waals surface area contributed by atoms with E-state index in [1.54, 1.807) is 7.05 Å². The number of carbonyl (C=O) groups excluding carboxylic acids is 2. The summed E-state index contributed by atoms with van der Waals surface area (Å²) in [5.74, 6) is 1.07. The second-order valence-corrected chi connectivity index (χ2v) is 5.56. The van der Waals surface area contributed by atoms with Gasteiger partial charge >= 0.3 is 0 Å². The van der Waals surface area contributed by atoms with Crippen molar-refractivity contribution in [2.75, 3.05) is 20.3 Å². The third kappa shape index (κ3) is 3.28. The first-order valence-corrected chi connectivity index (χ1v) is 7.59. The summed E-state index contributed by atoms with van der Waals surface area (Å²) in [6.45, 7) is 2.96. The number of hydrogen-bond donors (Lipinski definition) is 1. The number of ether oxygens (including phenoxy) is 2. The molecule has 0 radical (unpaired) electrons. The summed E-state index contributed by atoms with van der Waals surface area (Å²) in [6.07, 6.45) is 0.671. The van der Waals surface area contributed by atoms with Gasteiger partial charge in [0.25, 0.3) is 5.91 Å². The molecule has 2 amide bonds. The minimum Gasteiger partial charge on any atom is -0.486 e. The number of nitrogens with one attached hydrogen (secondary N) is 1. The number of hydrogen-bond acceptors (Lipinski definition) is 5. The molecule has 0 unspecified atom stereocenters. The predicted octanol–water partition coefficient (Wildman–Crippen LogP) is 1.24. The minimum atomic E-state index is -0.258.